The van der Waals surface area contributed by atoms with Gasteiger partial charge < -0.3 is 5.11 Å². The summed E-state index contributed by atoms with van der Waals surface area (Å²) in [5.74, 6) is 0. The fourth-order valence-electron chi connectivity index (χ4n) is 1.70. The molecule has 86 valence electrons. The fourth-order valence-corrected chi connectivity index (χ4v) is 1.99. The third-order valence-corrected chi connectivity index (χ3v) is 2.88. The first kappa shape index (κ1) is 12.5. The summed E-state index contributed by atoms with van der Waals surface area (Å²) in [5, 5.41) is 14.5. The molecular weight excluding hydrogens is 212 g/mol. The Balaban J connectivity index is 2.43. The second kappa shape index (κ2) is 6.13. The zero-order valence-electron chi connectivity index (χ0n) is 9.41. The number of hydrogen-bond donors (Lipinski definition) is 1. The molecule has 4 heteroatoms. The Kier molecular flexibility index (Phi) is 5.12. The quantitative estimate of drug-likeness (QED) is 0.763. The van der Waals surface area contributed by atoms with Crippen LogP contribution in [0.5, 0.6) is 0 Å². The van der Waals surface area contributed by atoms with Crippen LogP contribution in [0.3, 0.4) is 0 Å². The lowest BCUT2D eigenvalue weighted by molar-refractivity contribution is 0.154. The van der Waals surface area contributed by atoms with Crippen LogP contribution < -0.4 is 0 Å². The third-order valence-electron chi connectivity index (χ3n) is 2.58. The third kappa shape index (κ3) is 3.50. The molecule has 0 saturated heterocycles. The lowest BCUT2D eigenvalue weighted by Gasteiger charge is -2.11. The van der Waals surface area contributed by atoms with Gasteiger partial charge in [-0.15, -0.1) is 0 Å². The van der Waals surface area contributed by atoms with E-state index in [-0.39, 0.29) is 0 Å². The SMILES string of the molecule is CCCCCCC(O)c1c(Cl)cnn1C. The molecule has 1 N–H and O–H groups in total. The maximum absolute atomic E-state index is 9.93. The average molecular weight is 231 g/mol. The first-order chi connectivity index (χ1) is 7.16. The van der Waals surface area contributed by atoms with E-state index < -0.39 is 6.10 Å². The van der Waals surface area contributed by atoms with Gasteiger partial charge in [0.15, 0.2) is 0 Å². The Morgan fingerprint density at radius 3 is 2.73 bits per heavy atom. The van der Waals surface area contributed by atoms with E-state index in [0.29, 0.717) is 5.02 Å². The maximum Gasteiger partial charge on any atom is 0.0971 e. The van der Waals surface area contributed by atoms with Crippen molar-refractivity contribution in [2.24, 2.45) is 7.05 Å². The summed E-state index contributed by atoms with van der Waals surface area (Å²) in [5.41, 5.74) is 0.730. The summed E-state index contributed by atoms with van der Waals surface area (Å²) in [6, 6.07) is 0. The van der Waals surface area contributed by atoms with Gasteiger partial charge in [-0.05, 0) is 6.42 Å². The zero-order valence-corrected chi connectivity index (χ0v) is 10.2. The van der Waals surface area contributed by atoms with E-state index in [2.05, 4.69) is 12.0 Å². The van der Waals surface area contributed by atoms with Gasteiger partial charge in [-0.1, -0.05) is 44.2 Å². The maximum atomic E-state index is 9.93. The van der Waals surface area contributed by atoms with Crippen molar-refractivity contribution < 1.29 is 5.11 Å². The molecule has 0 spiro atoms. The number of aryl methyl sites for hydroxylation is 1. The normalized spacial score (nSPS) is 13.1. The monoisotopic (exact) mass is 230 g/mol. The number of unbranched alkanes of at least 4 members (excludes halogenated alkanes) is 3. The van der Waals surface area contributed by atoms with Crippen LogP contribution in [0.15, 0.2) is 6.20 Å². The lowest BCUT2D eigenvalue weighted by atomic mass is 10.1. The molecule has 0 aliphatic heterocycles. The highest BCUT2D eigenvalue weighted by Crippen LogP contribution is 2.25. The zero-order chi connectivity index (χ0) is 11.3. The van der Waals surface area contributed by atoms with Crippen molar-refractivity contribution in [1.29, 1.82) is 0 Å². The molecule has 1 rings (SSSR count). The van der Waals surface area contributed by atoms with Crippen molar-refractivity contribution in [1.82, 2.24) is 9.78 Å². The van der Waals surface area contributed by atoms with Gasteiger partial charge in [0.2, 0.25) is 0 Å². The first-order valence-electron chi connectivity index (χ1n) is 5.52. The van der Waals surface area contributed by atoms with E-state index in [1.165, 1.54) is 19.3 Å². The van der Waals surface area contributed by atoms with Gasteiger partial charge in [-0.2, -0.15) is 5.10 Å². The van der Waals surface area contributed by atoms with Crippen molar-refractivity contribution in [3.05, 3.63) is 16.9 Å². The molecule has 1 heterocycles. The molecule has 1 atom stereocenters. The van der Waals surface area contributed by atoms with E-state index in [1.807, 2.05) is 0 Å². The van der Waals surface area contributed by atoms with Crippen LogP contribution in [0, 0.1) is 0 Å². The van der Waals surface area contributed by atoms with Crippen molar-refractivity contribution in [3.8, 4) is 0 Å². The van der Waals surface area contributed by atoms with Gasteiger partial charge in [-0.25, -0.2) is 0 Å². The minimum absolute atomic E-state index is 0.484. The summed E-state index contributed by atoms with van der Waals surface area (Å²) in [4.78, 5) is 0. The van der Waals surface area contributed by atoms with Crippen LogP contribution in [0.1, 0.15) is 50.8 Å². The molecule has 1 unspecified atom stereocenters. The molecule has 0 bridgehead atoms. The van der Waals surface area contributed by atoms with Crippen LogP contribution in [0.2, 0.25) is 5.02 Å². The van der Waals surface area contributed by atoms with Gasteiger partial charge >= 0.3 is 0 Å². The van der Waals surface area contributed by atoms with Gasteiger partial charge in [0.1, 0.15) is 0 Å². The molecule has 0 amide bonds. The highest BCUT2D eigenvalue weighted by atomic mass is 35.5. The molecule has 1 aromatic rings. The number of halogens is 1. The molecule has 3 nitrogen and oxygen atoms in total. The molecule has 0 aliphatic carbocycles. The lowest BCUT2D eigenvalue weighted by Crippen LogP contribution is -2.05. The second-order valence-corrected chi connectivity index (χ2v) is 4.27. The molecular formula is C11H19ClN2O. The molecule has 1 aromatic heterocycles. The van der Waals surface area contributed by atoms with E-state index in [4.69, 9.17) is 11.6 Å². The van der Waals surface area contributed by atoms with E-state index >= 15 is 0 Å². The highest BCUT2D eigenvalue weighted by molar-refractivity contribution is 6.31. The number of aromatic nitrogens is 2. The molecule has 0 saturated carbocycles. The average Bonchev–Trinajstić information content (AvgIpc) is 2.53. The largest absolute Gasteiger partial charge is 0.387 e. The van der Waals surface area contributed by atoms with Crippen molar-refractivity contribution in [2.45, 2.75) is 45.1 Å². The van der Waals surface area contributed by atoms with Gasteiger partial charge in [0.05, 0.1) is 23.0 Å². The second-order valence-electron chi connectivity index (χ2n) is 3.87. The molecule has 0 aliphatic rings. The summed E-state index contributed by atoms with van der Waals surface area (Å²) in [6.45, 7) is 2.18. The van der Waals surface area contributed by atoms with Crippen LogP contribution in [-0.4, -0.2) is 14.9 Å². The summed E-state index contributed by atoms with van der Waals surface area (Å²) in [7, 11) is 1.80. The Morgan fingerprint density at radius 1 is 1.47 bits per heavy atom. The van der Waals surface area contributed by atoms with Gasteiger partial charge in [-0.3, -0.25) is 4.68 Å². The minimum atomic E-state index is -0.484. The highest BCUT2D eigenvalue weighted by Gasteiger charge is 2.15. The van der Waals surface area contributed by atoms with Crippen molar-refractivity contribution in [3.63, 3.8) is 0 Å². The smallest absolute Gasteiger partial charge is 0.0971 e. The Morgan fingerprint density at radius 2 is 2.20 bits per heavy atom. The number of rotatable bonds is 6. The molecule has 0 aromatic carbocycles. The number of aliphatic hydroxyl groups excluding tert-OH is 1. The minimum Gasteiger partial charge on any atom is -0.387 e. The van der Waals surface area contributed by atoms with Crippen LogP contribution >= 0.6 is 11.6 Å². The summed E-state index contributed by atoms with van der Waals surface area (Å²) < 4.78 is 1.65. The predicted octanol–water partition coefficient (Wildman–Crippen LogP) is 3.08. The molecule has 0 fully saturated rings. The summed E-state index contributed by atoms with van der Waals surface area (Å²) in [6.07, 6.45) is 6.50. The standard InChI is InChI=1S/C11H19ClN2O/c1-3-4-5-6-7-10(15)11-9(12)8-13-14(11)2/h8,10,15H,3-7H2,1-2H3. The molecule has 0 radical (unpaired) electrons. The Hall–Kier alpha value is -0.540. The van der Waals surface area contributed by atoms with Gasteiger partial charge in [0, 0.05) is 7.05 Å². The van der Waals surface area contributed by atoms with Gasteiger partial charge in [0.25, 0.3) is 0 Å². The van der Waals surface area contributed by atoms with Crippen LogP contribution in [0.25, 0.3) is 0 Å². The van der Waals surface area contributed by atoms with Crippen LogP contribution in [0.4, 0.5) is 0 Å². The number of aliphatic hydroxyl groups is 1. The van der Waals surface area contributed by atoms with Crippen molar-refractivity contribution >= 4 is 11.6 Å². The number of hydrogen-bond acceptors (Lipinski definition) is 2. The van der Waals surface area contributed by atoms with E-state index in [1.54, 1.807) is 17.9 Å². The van der Waals surface area contributed by atoms with E-state index in [0.717, 1.165) is 18.5 Å². The molecule has 15 heavy (non-hydrogen) atoms. The number of nitrogens with zero attached hydrogens (tertiary/aromatic N) is 2. The predicted molar refractivity (Wildman–Crippen MR) is 61.9 cm³/mol. The van der Waals surface area contributed by atoms with Crippen LogP contribution in [-0.2, 0) is 7.05 Å². The Labute approximate surface area is 96.1 Å². The first-order valence-corrected chi connectivity index (χ1v) is 5.90. The topological polar surface area (TPSA) is 38.1 Å². The summed E-state index contributed by atoms with van der Waals surface area (Å²) >= 11 is 5.94. The Bertz CT molecular complexity index is 279. The van der Waals surface area contributed by atoms with E-state index in [9.17, 15) is 5.11 Å². The fraction of sp³-hybridized carbons (Fsp3) is 0.727. The van der Waals surface area contributed by atoms with Crippen molar-refractivity contribution in [2.75, 3.05) is 0 Å².